The van der Waals surface area contributed by atoms with E-state index in [1.54, 1.807) is 17.1 Å². The molecule has 2 rings (SSSR count). The number of hydrogen-bond acceptors (Lipinski definition) is 3. The molecule has 0 unspecified atom stereocenters. The summed E-state index contributed by atoms with van der Waals surface area (Å²) in [7, 11) is 0. The lowest BCUT2D eigenvalue weighted by atomic mass is 10.4. The second-order valence-corrected chi connectivity index (χ2v) is 3.20. The molecule has 0 aromatic carbocycles. The molecular weight excluding hydrogens is 182 g/mol. The summed E-state index contributed by atoms with van der Waals surface area (Å²) in [5.74, 6) is 0.108. The number of rotatable bonds is 2. The molecular formula is C9H13N3O2. The third kappa shape index (κ3) is 2.11. The fraction of sp³-hybridized carbons (Fsp3) is 0.556. The quantitative estimate of drug-likeness (QED) is 0.653. The van der Waals surface area contributed by atoms with E-state index >= 15 is 0 Å². The van der Waals surface area contributed by atoms with Crippen LogP contribution in [0.3, 0.4) is 0 Å². The van der Waals surface area contributed by atoms with Crippen LogP contribution in [0.25, 0.3) is 0 Å². The smallest absolute Gasteiger partial charge is 0.244 e. The molecule has 0 N–H and O–H groups in total. The molecule has 0 radical (unpaired) electrons. The van der Waals surface area contributed by atoms with Crippen LogP contribution in [0, 0.1) is 0 Å². The highest BCUT2D eigenvalue weighted by atomic mass is 16.5. The Balaban J connectivity index is 1.88. The number of aromatic nitrogens is 2. The molecule has 1 aromatic rings. The molecule has 1 aliphatic rings. The lowest BCUT2D eigenvalue weighted by Crippen LogP contribution is -2.42. The predicted octanol–water partition coefficient (Wildman–Crippen LogP) is -0.258. The molecule has 76 valence electrons. The summed E-state index contributed by atoms with van der Waals surface area (Å²) in [6.07, 6.45) is 3.46. The van der Waals surface area contributed by atoms with Crippen LogP contribution >= 0.6 is 0 Å². The number of hydrogen-bond donors (Lipinski definition) is 0. The number of ether oxygens (including phenoxy) is 1. The molecule has 14 heavy (non-hydrogen) atoms. The zero-order chi connectivity index (χ0) is 9.80. The highest BCUT2D eigenvalue weighted by Crippen LogP contribution is 1.98. The largest absolute Gasteiger partial charge is 0.378 e. The summed E-state index contributed by atoms with van der Waals surface area (Å²) in [4.78, 5) is 13.5. The number of amides is 1. The van der Waals surface area contributed by atoms with Gasteiger partial charge in [-0.05, 0) is 6.07 Å². The van der Waals surface area contributed by atoms with Crippen LogP contribution in [-0.4, -0.2) is 46.9 Å². The molecule has 1 amide bonds. The monoisotopic (exact) mass is 195 g/mol. The lowest BCUT2D eigenvalue weighted by molar-refractivity contribution is -0.136. The van der Waals surface area contributed by atoms with Crippen LogP contribution in [0.5, 0.6) is 0 Å². The maximum Gasteiger partial charge on any atom is 0.244 e. The summed E-state index contributed by atoms with van der Waals surface area (Å²) < 4.78 is 6.81. The van der Waals surface area contributed by atoms with Gasteiger partial charge in [0.25, 0.3) is 0 Å². The molecule has 1 aliphatic heterocycles. The fourth-order valence-electron chi connectivity index (χ4n) is 1.45. The van der Waals surface area contributed by atoms with E-state index in [1.807, 2.05) is 11.0 Å². The first-order valence-electron chi connectivity index (χ1n) is 4.69. The molecule has 0 spiro atoms. The van der Waals surface area contributed by atoms with Gasteiger partial charge in [0.1, 0.15) is 6.54 Å². The summed E-state index contributed by atoms with van der Waals surface area (Å²) in [6, 6.07) is 1.81. The molecule has 2 heterocycles. The van der Waals surface area contributed by atoms with Gasteiger partial charge in [0, 0.05) is 25.5 Å². The summed E-state index contributed by atoms with van der Waals surface area (Å²) in [5.41, 5.74) is 0. The van der Waals surface area contributed by atoms with Crippen molar-refractivity contribution in [3.8, 4) is 0 Å². The molecule has 5 heteroatoms. The minimum atomic E-state index is 0.108. The maximum absolute atomic E-state index is 11.7. The molecule has 0 bridgehead atoms. The number of carbonyl (C=O) groups is 1. The summed E-state index contributed by atoms with van der Waals surface area (Å²) >= 11 is 0. The molecule has 1 saturated heterocycles. The molecule has 5 nitrogen and oxygen atoms in total. The van der Waals surface area contributed by atoms with Crippen molar-refractivity contribution >= 4 is 5.91 Å². The van der Waals surface area contributed by atoms with E-state index in [9.17, 15) is 4.79 Å². The van der Waals surface area contributed by atoms with Crippen LogP contribution in [0.4, 0.5) is 0 Å². The topological polar surface area (TPSA) is 47.4 Å². The van der Waals surface area contributed by atoms with Crippen molar-refractivity contribution in [1.29, 1.82) is 0 Å². The first-order chi connectivity index (χ1) is 6.86. The third-order valence-corrected chi connectivity index (χ3v) is 2.22. The van der Waals surface area contributed by atoms with Gasteiger partial charge in [-0.2, -0.15) is 5.10 Å². The van der Waals surface area contributed by atoms with Gasteiger partial charge in [-0.3, -0.25) is 9.48 Å². The lowest BCUT2D eigenvalue weighted by Gasteiger charge is -2.26. The molecule has 0 aliphatic carbocycles. The Morgan fingerprint density at radius 2 is 2.21 bits per heavy atom. The van der Waals surface area contributed by atoms with Gasteiger partial charge < -0.3 is 9.64 Å². The fourth-order valence-corrected chi connectivity index (χ4v) is 1.45. The van der Waals surface area contributed by atoms with E-state index in [1.165, 1.54) is 0 Å². The summed E-state index contributed by atoms with van der Waals surface area (Å²) in [5, 5.41) is 3.99. The zero-order valence-electron chi connectivity index (χ0n) is 7.93. The van der Waals surface area contributed by atoms with E-state index in [0.717, 1.165) is 0 Å². The second-order valence-electron chi connectivity index (χ2n) is 3.20. The minimum Gasteiger partial charge on any atom is -0.378 e. The van der Waals surface area contributed by atoms with Crippen molar-refractivity contribution in [2.75, 3.05) is 26.3 Å². The van der Waals surface area contributed by atoms with Crippen molar-refractivity contribution in [3.63, 3.8) is 0 Å². The molecule has 0 atom stereocenters. The average Bonchev–Trinajstić information content (AvgIpc) is 2.72. The van der Waals surface area contributed by atoms with Gasteiger partial charge in [0.2, 0.25) is 5.91 Å². The standard InChI is InChI=1S/C9H13N3O2/c13-9(8-12-3-1-2-10-12)11-4-6-14-7-5-11/h1-3H,4-8H2. The van der Waals surface area contributed by atoms with E-state index in [-0.39, 0.29) is 5.91 Å². The maximum atomic E-state index is 11.7. The Morgan fingerprint density at radius 3 is 2.86 bits per heavy atom. The van der Waals surface area contributed by atoms with E-state index < -0.39 is 0 Å². The van der Waals surface area contributed by atoms with Crippen molar-refractivity contribution < 1.29 is 9.53 Å². The van der Waals surface area contributed by atoms with E-state index in [4.69, 9.17) is 4.74 Å². The Bertz CT molecular complexity index is 291. The van der Waals surface area contributed by atoms with E-state index in [2.05, 4.69) is 5.10 Å². The third-order valence-electron chi connectivity index (χ3n) is 2.22. The average molecular weight is 195 g/mol. The van der Waals surface area contributed by atoms with Crippen molar-refractivity contribution in [2.45, 2.75) is 6.54 Å². The predicted molar refractivity (Wildman–Crippen MR) is 49.6 cm³/mol. The molecule has 1 fully saturated rings. The van der Waals surface area contributed by atoms with Gasteiger partial charge in [-0.15, -0.1) is 0 Å². The Kier molecular flexibility index (Phi) is 2.78. The van der Waals surface area contributed by atoms with Crippen LogP contribution in [0.15, 0.2) is 18.5 Å². The number of morpholine rings is 1. The number of carbonyl (C=O) groups excluding carboxylic acids is 1. The van der Waals surface area contributed by atoms with Gasteiger partial charge >= 0.3 is 0 Å². The van der Waals surface area contributed by atoms with Gasteiger partial charge in [0.05, 0.1) is 13.2 Å². The number of nitrogens with zero attached hydrogens (tertiary/aromatic N) is 3. The van der Waals surface area contributed by atoms with E-state index in [0.29, 0.717) is 32.8 Å². The van der Waals surface area contributed by atoms with Crippen molar-refractivity contribution in [3.05, 3.63) is 18.5 Å². The van der Waals surface area contributed by atoms with Gasteiger partial charge in [0.15, 0.2) is 0 Å². The van der Waals surface area contributed by atoms with Crippen LogP contribution in [-0.2, 0) is 16.1 Å². The van der Waals surface area contributed by atoms with Crippen LogP contribution in [0.2, 0.25) is 0 Å². The second kappa shape index (κ2) is 4.23. The van der Waals surface area contributed by atoms with Gasteiger partial charge in [-0.25, -0.2) is 0 Å². The Labute approximate surface area is 82.3 Å². The normalized spacial score (nSPS) is 17.0. The van der Waals surface area contributed by atoms with Crippen LogP contribution in [0.1, 0.15) is 0 Å². The molecule has 1 aromatic heterocycles. The highest BCUT2D eigenvalue weighted by Gasteiger charge is 2.16. The highest BCUT2D eigenvalue weighted by molar-refractivity contribution is 5.75. The zero-order valence-corrected chi connectivity index (χ0v) is 7.93. The Hall–Kier alpha value is -1.36. The van der Waals surface area contributed by atoms with Crippen molar-refractivity contribution in [2.24, 2.45) is 0 Å². The minimum absolute atomic E-state index is 0.108. The first kappa shape index (κ1) is 9.21. The van der Waals surface area contributed by atoms with Crippen molar-refractivity contribution in [1.82, 2.24) is 14.7 Å². The first-order valence-corrected chi connectivity index (χ1v) is 4.69. The SMILES string of the molecule is O=C(Cn1cccn1)N1CCOCC1. The molecule has 0 saturated carbocycles. The Morgan fingerprint density at radius 1 is 1.43 bits per heavy atom. The van der Waals surface area contributed by atoms with Crippen LogP contribution < -0.4 is 0 Å². The van der Waals surface area contributed by atoms with Gasteiger partial charge in [-0.1, -0.05) is 0 Å². The summed E-state index contributed by atoms with van der Waals surface area (Å²) in [6.45, 7) is 3.00.